The van der Waals surface area contributed by atoms with E-state index in [-0.39, 0.29) is 0 Å². The van der Waals surface area contributed by atoms with Crippen molar-refractivity contribution in [1.29, 1.82) is 5.26 Å². The Labute approximate surface area is 111 Å². The van der Waals surface area contributed by atoms with Gasteiger partial charge in [-0.15, -0.1) is 11.3 Å². The highest BCUT2D eigenvalue weighted by Crippen LogP contribution is 2.10. The first-order chi connectivity index (χ1) is 8.81. The molecular weight excluding hydrogens is 242 g/mol. The Kier molecular flexibility index (Phi) is 4.46. The molecule has 1 N–H and O–H groups in total. The summed E-state index contributed by atoms with van der Waals surface area (Å²) in [6, 6.07) is 9.75. The van der Waals surface area contributed by atoms with E-state index in [1.807, 2.05) is 24.3 Å². The fourth-order valence-corrected chi connectivity index (χ4v) is 2.37. The maximum absolute atomic E-state index is 8.71. The first kappa shape index (κ1) is 12.7. The number of thiazole rings is 1. The maximum atomic E-state index is 8.71. The zero-order valence-corrected chi connectivity index (χ0v) is 11.1. The van der Waals surface area contributed by atoms with Gasteiger partial charge in [0, 0.05) is 18.5 Å². The number of nitrogens with one attached hydrogen (secondary N) is 1. The monoisotopic (exact) mass is 257 g/mol. The van der Waals surface area contributed by atoms with Crippen LogP contribution in [0.25, 0.3) is 0 Å². The van der Waals surface area contributed by atoms with E-state index in [9.17, 15) is 0 Å². The summed E-state index contributed by atoms with van der Waals surface area (Å²) < 4.78 is 0. The van der Waals surface area contributed by atoms with Crippen molar-refractivity contribution >= 4 is 11.3 Å². The smallest absolute Gasteiger partial charge is 0.0991 e. The molecule has 0 aliphatic heterocycles. The molecule has 92 valence electrons. The normalized spacial score (nSPS) is 10.2. The van der Waals surface area contributed by atoms with Crippen molar-refractivity contribution in [3.8, 4) is 6.07 Å². The van der Waals surface area contributed by atoms with Crippen LogP contribution in [-0.2, 0) is 19.5 Å². The Morgan fingerprint density at radius 2 is 2.06 bits per heavy atom. The van der Waals surface area contributed by atoms with Gasteiger partial charge in [-0.25, -0.2) is 4.98 Å². The number of aromatic nitrogens is 1. The highest BCUT2D eigenvalue weighted by atomic mass is 32.1. The van der Waals surface area contributed by atoms with Crippen LogP contribution in [0.4, 0.5) is 0 Å². The molecule has 0 radical (unpaired) electrons. The predicted octanol–water partition coefficient (Wildman–Crippen LogP) is 2.87. The van der Waals surface area contributed by atoms with E-state index in [1.165, 1.54) is 10.6 Å². The molecule has 0 aliphatic rings. The quantitative estimate of drug-likeness (QED) is 0.896. The third-order valence-corrected chi connectivity index (χ3v) is 3.66. The molecule has 3 nitrogen and oxygen atoms in total. The zero-order chi connectivity index (χ0) is 12.8. The lowest BCUT2D eigenvalue weighted by Crippen LogP contribution is -2.12. The number of hydrogen-bond acceptors (Lipinski definition) is 4. The van der Waals surface area contributed by atoms with Gasteiger partial charge < -0.3 is 5.32 Å². The van der Waals surface area contributed by atoms with Crippen LogP contribution in [0.2, 0.25) is 0 Å². The van der Waals surface area contributed by atoms with Gasteiger partial charge in [-0.1, -0.05) is 19.1 Å². The number of rotatable bonds is 5. The molecule has 4 heteroatoms. The molecule has 18 heavy (non-hydrogen) atoms. The van der Waals surface area contributed by atoms with Crippen molar-refractivity contribution < 1.29 is 0 Å². The highest BCUT2D eigenvalue weighted by molar-refractivity contribution is 7.09. The molecule has 0 saturated carbocycles. The van der Waals surface area contributed by atoms with Crippen molar-refractivity contribution in [2.24, 2.45) is 0 Å². The van der Waals surface area contributed by atoms with Gasteiger partial charge in [-0.3, -0.25) is 0 Å². The summed E-state index contributed by atoms with van der Waals surface area (Å²) in [5.74, 6) is 0. The van der Waals surface area contributed by atoms with E-state index >= 15 is 0 Å². The molecule has 1 heterocycles. The topological polar surface area (TPSA) is 48.7 Å². The van der Waals surface area contributed by atoms with Gasteiger partial charge in [-0.05, 0) is 24.1 Å². The second-order valence-electron chi connectivity index (χ2n) is 4.00. The minimum absolute atomic E-state index is 0.700. The molecule has 1 aromatic carbocycles. The molecule has 0 saturated heterocycles. The molecule has 0 unspecified atom stereocenters. The molecule has 0 aliphatic carbocycles. The second kappa shape index (κ2) is 6.29. The fraction of sp³-hybridized carbons (Fsp3) is 0.286. The maximum Gasteiger partial charge on any atom is 0.0991 e. The van der Waals surface area contributed by atoms with Crippen molar-refractivity contribution in [2.75, 3.05) is 0 Å². The summed E-state index contributed by atoms with van der Waals surface area (Å²) in [5.41, 5.74) is 2.98. The van der Waals surface area contributed by atoms with Gasteiger partial charge in [-0.2, -0.15) is 5.26 Å². The van der Waals surface area contributed by atoms with Crippen molar-refractivity contribution in [3.05, 3.63) is 51.5 Å². The SMILES string of the molecule is CCc1nc(CNCc2ccc(C#N)cc2)cs1. The van der Waals surface area contributed by atoms with Gasteiger partial charge in [0.1, 0.15) is 0 Å². The molecule has 0 amide bonds. The second-order valence-corrected chi connectivity index (χ2v) is 4.94. The van der Waals surface area contributed by atoms with Gasteiger partial charge in [0.15, 0.2) is 0 Å². The summed E-state index contributed by atoms with van der Waals surface area (Å²) in [7, 11) is 0. The lowest BCUT2D eigenvalue weighted by molar-refractivity contribution is 0.681. The van der Waals surface area contributed by atoms with E-state index in [4.69, 9.17) is 5.26 Å². The molecule has 1 aromatic heterocycles. The van der Waals surface area contributed by atoms with Gasteiger partial charge in [0.05, 0.1) is 22.3 Å². The Balaban J connectivity index is 1.82. The first-order valence-corrected chi connectivity index (χ1v) is 6.83. The minimum atomic E-state index is 0.700. The average molecular weight is 257 g/mol. The van der Waals surface area contributed by atoms with E-state index < -0.39 is 0 Å². The minimum Gasteiger partial charge on any atom is -0.307 e. The van der Waals surface area contributed by atoms with Crippen LogP contribution < -0.4 is 5.32 Å². The highest BCUT2D eigenvalue weighted by Gasteiger charge is 2.00. The Hall–Kier alpha value is -1.70. The van der Waals surface area contributed by atoms with Crippen molar-refractivity contribution in [3.63, 3.8) is 0 Å². The van der Waals surface area contributed by atoms with Crippen molar-refractivity contribution in [2.45, 2.75) is 26.4 Å². The molecule has 2 aromatic rings. The van der Waals surface area contributed by atoms with Gasteiger partial charge in [0.2, 0.25) is 0 Å². The molecule has 0 fully saturated rings. The number of benzene rings is 1. The van der Waals surface area contributed by atoms with Gasteiger partial charge >= 0.3 is 0 Å². The lowest BCUT2D eigenvalue weighted by atomic mass is 10.1. The number of nitrogens with zero attached hydrogens (tertiary/aromatic N) is 2. The number of hydrogen-bond donors (Lipinski definition) is 1. The van der Waals surface area contributed by atoms with Crippen LogP contribution in [0.3, 0.4) is 0 Å². The van der Waals surface area contributed by atoms with Crippen LogP contribution in [-0.4, -0.2) is 4.98 Å². The van der Waals surface area contributed by atoms with Crippen LogP contribution >= 0.6 is 11.3 Å². The van der Waals surface area contributed by atoms with E-state index in [0.29, 0.717) is 5.56 Å². The summed E-state index contributed by atoms with van der Waals surface area (Å²) in [6.07, 6.45) is 1.00. The standard InChI is InChI=1S/C14H15N3S/c1-2-14-17-13(10-18-14)9-16-8-12-5-3-11(7-15)4-6-12/h3-6,10,16H,2,8-9H2,1H3. The van der Waals surface area contributed by atoms with Crippen molar-refractivity contribution in [1.82, 2.24) is 10.3 Å². The van der Waals surface area contributed by atoms with Crippen LogP contribution in [0.1, 0.15) is 28.8 Å². The number of aryl methyl sites for hydroxylation is 1. The summed E-state index contributed by atoms with van der Waals surface area (Å²) in [4.78, 5) is 4.50. The largest absolute Gasteiger partial charge is 0.307 e. The summed E-state index contributed by atoms with van der Waals surface area (Å²) >= 11 is 1.71. The van der Waals surface area contributed by atoms with Crippen LogP contribution in [0, 0.1) is 11.3 Å². The predicted molar refractivity (Wildman–Crippen MR) is 73.2 cm³/mol. The van der Waals surface area contributed by atoms with E-state index in [2.05, 4.69) is 28.7 Å². The van der Waals surface area contributed by atoms with Gasteiger partial charge in [0.25, 0.3) is 0 Å². The molecule has 0 atom stereocenters. The molecular formula is C14H15N3S. The Morgan fingerprint density at radius 1 is 1.28 bits per heavy atom. The third kappa shape index (κ3) is 3.39. The Morgan fingerprint density at radius 3 is 2.67 bits per heavy atom. The lowest BCUT2D eigenvalue weighted by Gasteiger charge is -2.03. The van der Waals surface area contributed by atoms with E-state index in [1.54, 1.807) is 11.3 Å². The molecule has 0 bridgehead atoms. The molecule has 0 spiro atoms. The summed E-state index contributed by atoms with van der Waals surface area (Å²) in [6.45, 7) is 3.70. The first-order valence-electron chi connectivity index (χ1n) is 5.95. The zero-order valence-electron chi connectivity index (χ0n) is 10.3. The Bertz CT molecular complexity index is 537. The summed E-state index contributed by atoms with van der Waals surface area (Å²) in [5, 5.41) is 15.3. The number of nitriles is 1. The van der Waals surface area contributed by atoms with Crippen LogP contribution in [0.15, 0.2) is 29.6 Å². The van der Waals surface area contributed by atoms with Crippen LogP contribution in [0.5, 0.6) is 0 Å². The van der Waals surface area contributed by atoms with E-state index in [0.717, 1.165) is 25.2 Å². The molecule has 2 rings (SSSR count). The average Bonchev–Trinajstić information content (AvgIpc) is 2.87. The third-order valence-electron chi connectivity index (χ3n) is 2.62. The fourth-order valence-electron chi connectivity index (χ4n) is 1.62.